The smallest absolute Gasteiger partial charge is 0.342 e. The minimum atomic E-state index is -1.07. The van der Waals surface area contributed by atoms with Gasteiger partial charge in [0.25, 0.3) is 0 Å². The molecule has 2 aromatic heterocycles. The minimum Gasteiger partial charge on any atom is -0.477 e. The first-order valence-corrected chi connectivity index (χ1v) is 10.2. The lowest BCUT2D eigenvalue weighted by atomic mass is 10.0. The molecule has 0 aliphatic carbocycles. The second-order valence-corrected chi connectivity index (χ2v) is 7.57. The summed E-state index contributed by atoms with van der Waals surface area (Å²) < 4.78 is 1.57. The van der Waals surface area contributed by atoms with Crippen molar-refractivity contribution < 1.29 is 9.90 Å². The molecule has 1 N–H and O–H groups in total. The molecular formula is C20H13Cl2N3O2S. The molecule has 28 heavy (non-hydrogen) atoms. The number of aromatic nitrogens is 3. The summed E-state index contributed by atoms with van der Waals surface area (Å²) in [6.45, 7) is 0. The van der Waals surface area contributed by atoms with Crippen molar-refractivity contribution in [1.82, 2.24) is 14.6 Å². The number of hydrogen-bond donors (Lipinski definition) is 1. The van der Waals surface area contributed by atoms with Gasteiger partial charge in [0, 0.05) is 32.9 Å². The molecular weight excluding hydrogens is 417 g/mol. The Morgan fingerprint density at radius 1 is 1.07 bits per heavy atom. The molecule has 2 aromatic carbocycles. The van der Waals surface area contributed by atoms with Gasteiger partial charge in [-0.3, -0.25) is 0 Å². The second-order valence-electron chi connectivity index (χ2n) is 5.93. The van der Waals surface area contributed by atoms with Gasteiger partial charge in [0.1, 0.15) is 10.6 Å². The number of aromatic carboxylic acids is 1. The Kier molecular flexibility index (Phi) is 5.02. The van der Waals surface area contributed by atoms with Gasteiger partial charge in [-0.25, -0.2) is 14.3 Å². The van der Waals surface area contributed by atoms with E-state index in [1.54, 1.807) is 35.2 Å². The average Bonchev–Trinajstić information content (AvgIpc) is 3.07. The van der Waals surface area contributed by atoms with Crippen molar-refractivity contribution in [3.8, 4) is 22.4 Å². The van der Waals surface area contributed by atoms with E-state index in [1.807, 2.05) is 30.3 Å². The highest BCUT2D eigenvalue weighted by atomic mass is 35.5. The molecule has 4 rings (SSSR count). The summed E-state index contributed by atoms with van der Waals surface area (Å²) in [6.07, 6.45) is 3.42. The zero-order chi connectivity index (χ0) is 19.8. The summed E-state index contributed by atoms with van der Waals surface area (Å²) in [5.41, 5.74) is 3.39. The summed E-state index contributed by atoms with van der Waals surface area (Å²) in [6, 6.07) is 14.7. The molecule has 0 fully saturated rings. The van der Waals surface area contributed by atoms with Crippen LogP contribution in [0.2, 0.25) is 10.0 Å². The number of rotatable bonds is 4. The zero-order valence-electron chi connectivity index (χ0n) is 14.6. The highest BCUT2D eigenvalue weighted by molar-refractivity contribution is 7.98. The van der Waals surface area contributed by atoms with Crippen LogP contribution in [-0.2, 0) is 0 Å². The maximum absolute atomic E-state index is 11.8. The van der Waals surface area contributed by atoms with Gasteiger partial charge >= 0.3 is 5.97 Å². The fourth-order valence-corrected chi connectivity index (χ4v) is 3.97. The molecule has 0 spiro atoms. The molecule has 0 aliphatic heterocycles. The Balaban J connectivity index is 2.13. The number of benzene rings is 2. The van der Waals surface area contributed by atoms with Crippen molar-refractivity contribution in [3.05, 3.63) is 70.3 Å². The molecule has 0 saturated carbocycles. The van der Waals surface area contributed by atoms with E-state index in [-0.39, 0.29) is 11.2 Å². The van der Waals surface area contributed by atoms with Crippen LogP contribution in [0.15, 0.2) is 59.8 Å². The van der Waals surface area contributed by atoms with E-state index in [9.17, 15) is 9.90 Å². The lowest BCUT2D eigenvalue weighted by Crippen LogP contribution is -2.02. The monoisotopic (exact) mass is 429 g/mol. The first kappa shape index (κ1) is 18.8. The van der Waals surface area contributed by atoms with Gasteiger partial charge in [0.2, 0.25) is 0 Å². The van der Waals surface area contributed by atoms with Gasteiger partial charge in [-0.1, -0.05) is 53.5 Å². The van der Waals surface area contributed by atoms with Gasteiger partial charge in [0.15, 0.2) is 5.65 Å². The molecule has 0 bridgehead atoms. The second kappa shape index (κ2) is 7.47. The van der Waals surface area contributed by atoms with Gasteiger partial charge in [-0.2, -0.15) is 5.10 Å². The van der Waals surface area contributed by atoms with Crippen molar-refractivity contribution in [2.75, 3.05) is 6.26 Å². The van der Waals surface area contributed by atoms with E-state index in [1.165, 1.54) is 11.8 Å². The van der Waals surface area contributed by atoms with Gasteiger partial charge in [-0.05, 0) is 24.5 Å². The van der Waals surface area contributed by atoms with E-state index in [0.717, 1.165) is 16.7 Å². The Morgan fingerprint density at radius 2 is 1.79 bits per heavy atom. The number of halogens is 2. The van der Waals surface area contributed by atoms with Gasteiger partial charge in [0.05, 0.1) is 5.69 Å². The molecule has 0 saturated heterocycles. The first-order valence-electron chi connectivity index (χ1n) is 8.21. The normalized spacial score (nSPS) is 11.1. The molecule has 0 aliphatic rings. The molecule has 140 valence electrons. The Morgan fingerprint density at radius 3 is 2.43 bits per heavy atom. The van der Waals surface area contributed by atoms with E-state index in [2.05, 4.69) is 10.1 Å². The number of fused-ring (bicyclic) bond motifs is 1. The third-order valence-corrected chi connectivity index (χ3v) is 5.55. The van der Waals surface area contributed by atoms with Crippen LogP contribution in [0.3, 0.4) is 0 Å². The first-order chi connectivity index (χ1) is 13.5. The number of hydrogen-bond acceptors (Lipinski definition) is 4. The Hall–Kier alpha value is -2.54. The number of thioether (sulfide) groups is 1. The fraction of sp³-hybridized carbons (Fsp3) is 0.0500. The van der Waals surface area contributed by atoms with E-state index < -0.39 is 5.97 Å². The molecule has 4 aromatic rings. The minimum absolute atomic E-state index is 0.0772. The SMILES string of the molecule is CSc1nn2c(-c3ccc(Cl)cc3)c(-c3ccccc3Cl)cnc2c1C(=O)O. The van der Waals surface area contributed by atoms with E-state index in [4.69, 9.17) is 23.2 Å². The van der Waals surface area contributed by atoms with Crippen LogP contribution < -0.4 is 0 Å². The Bertz CT molecular complexity index is 1210. The summed E-state index contributed by atoms with van der Waals surface area (Å²) in [5, 5.41) is 15.8. The number of nitrogens with zero attached hydrogens (tertiary/aromatic N) is 3. The predicted octanol–water partition coefficient (Wildman–Crippen LogP) is 5.79. The number of carboxylic acid groups (broad SMARTS) is 1. The van der Waals surface area contributed by atoms with Crippen LogP contribution in [-0.4, -0.2) is 31.9 Å². The largest absolute Gasteiger partial charge is 0.477 e. The molecule has 0 radical (unpaired) electrons. The topological polar surface area (TPSA) is 67.5 Å². The summed E-state index contributed by atoms with van der Waals surface area (Å²) >= 11 is 13.7. The van der Waals surface area contributed by atoms with Gasteiger partial charge in [-0.15, -0.1) is 11.8 Å². The van der Waals surface area contributed by atoms with Crippen LogP contribution in [0.1, 0.15) is 10.4 Å². The van der Waals surface area contributed by atoms with Crippen LogP contribution in [0, 0.1) is 0 Å². The lowest BCUT2D eigenvalue weighted by Gasteiger charge is -2.13. The average molecular weight is 430 g/mol. The molecule has 0 atom stereocenters. The van der Waals surface area contributed by atoms with Gasteiger partial charge < -0.3 is 5.11 Å². The molecule has 2 heterocycles. The lowest BCUT2D eigenvalue weighted by molar-refractivity contribution is 0.0695. The highest BCUT2D eigenvalue weighted by Crippen LogP contribution is 2.37. The number of carbonyl (C=O) groups is 1. The quantitative estimate of drug-likeness (QED) is 0.415. The molecule has 8 heteroatoms. The standard InChI is InChI=1S/C20H13Cl2N3O2S/c1-28-19-16(20(26)27)18-23-10-14(13-4-2-3-5-15(13)22)17(25(18)24-19)11-6-8-12(21)9-7-11/h2-10H,1H3,(H,26,27). The van der Waals surface area contributed by atoms with E-state index in [0.29, 0.717) is 20.8 Å². The molecule has 0 amide bonds. The van der Waals surface area contributed by atoms with Crippen LogP contribution in [0.25, 0.3) is 28.0 Å². The van der Waals surface area contributed by atoms with Crippen molar-refractivity contribution >= 4 is 46.6 Å². The van der Waals surface area contributed by atoms with Crippen LogP contribution in [0.5, 0.6) is 0 Å². The summed E-state index contributed by atoms with van der Waals surface area (Å²) in [7, 11) is 0. The van der Waals surface area contributed by atoms with Crippen molar-refractivity contribution in [1.29, 1.82) is 0 Å². The molecule has 0 unspecified atom stereocenters. The third kappa shape index (κ3) is 3.13. The molecule has 5 nitrogen and oxygen atoms in total. The number of carboxylic acids is 1. The zero-order valence-corrected chi connectivity index (χ0v) is 16.9. The highest BCUT2D eigenvalue weighted by Gasteiger charge is 2.24. The van der Waals surface area contributed by atoms with Crippen LogP contribution in [0.4, 0.5) is 0 Å². The van der Waals surface area contributed by atoms with Crippen molar-refractivity contribution in [2.24, 2.45) is 0 Å². The summed E-state index contributed by atoms with van der Waals surface area (Å²) in [4.78, 5) is 16.2. The predicted molar refractivity (Wildman–Crippen MR) is 113 cm³/mol. The maximum Gasteiger partial charge on any atom is 0.342 e. The third-order valence-electron chi connectivity index (χ3n) is 4.30. The maximum atomic E-state index is 11.8. The van der Waals surface area contributed by atoms with Crippen molar-refractivity contribution in [3.63, 3.8) is 0 Å². The Labute approximate surface area is 174 Å². The van der Waals surface area contributed by atoms with E-state index >= 15 is 0 Å². The fourth-order valence-electron chi connectivity index (χ4n) is 3.06. The van der Waals surface area contributed by atoms with Crippen LogP contribution >= 0.6 is 35.0 Å². The van der Waals surface area contributed by atoms with Crippen molar-refractivity contribution in [2.45, 2.75) is 5.03 Å². The summed E-state index contributed by atoms with van der Waals surface area (Å²) in [5.74, 6) is -1.07.